The molecule has 0 saturated heterocycles. The van der Waals surface area contributed by atoms with Gasteiger partial charge in [-0.2, -0.15) is 0 Å². The molecule has 0 atom stereocenters. The number of para-hydroxylation sites is 1. The second-order valence-electron chi connectivity index (χ2n) is 8.08. The molecular weight excluding hydrogens is 496 g/mol. The Bertz CT molecular complexity index is 1370. The summed E-state index contributed by atoms with van der Waals surface area (Å²) >= 11 is 0. The molecule has 0 saturated carbocycles. The van der Waals surface area contributed by atoms with Crippen LogP contribution in [0.4, 0.5) is 11.4 Å². The maximum absolute atomic E-state index is 14.0. The van der Waals surface area contributed by atoms with E-state index in [4.69, 9.17) is 18.9 Å². The minimum Gasteiger partial charge on any atom is -0.497 e. The highest BCUT2D eigenvalue weighted by Crippen LogP contribution is 2.37. The molecule has 37 heavy (non-hydrogen) atoms. The maximum Gasteiger partial charge on any atom is 0.265 e. The lowest BCUT2D eigenvalue weighted by molar-refractivity contribution is -0.114. The first-order valence-corrected chi connectivity index (χ1v) is 13.0. The number of nitrogens with one attached hydrogen (secondary N) is 1. The lowest BCUT2D eigenvalue weighted by atomic mass is 10.1. The van der Waals surface area contributed by atoms with Crippen LogP contribution in [0.1, 0.15) is 18.1 Å². The summed E-state index contributed by atoms with van der Waals surface area (Å²) in [6, 6.07) is 14.7. The van der Waals surface area contributed by atoms with Gasteiger partial charge in [0.25, 0.3) is 10.0 Å². The van der Waals surface area contributed by atoms with E-state index in [9.17, 15) is 13.2 Å². The molecule has 0 spiro atoms. The predicted molar refractivity (Wildman–Crippen MR) is 143 cm³/mol. The van der Waals surface area contributed by atoms with E-state index in [-0.39, 0.29) is 22.1 Å². The summed E-state index contributed by atoms with van der Waals surface area (Å²) in [5.74, 6) is 0.742. The number of nitrogens with zero attached hydrogens (tertiary/aromatic N) is 1. The van der Waals surface area contributed by atoms with Gasteiger partial charge in [0.2, 0.25) is 5.91 Å². The van der Waals surface area contributed by atoms with E-state index in [1.807, 2.05) is 32.0 Å². The van der Waals surface area contributed by atoms with Gasteiger partial charge in [-0.1, -0.05) is 25.1 Å². The van der Waals surface area contributed by atoms with Crippen molar-refractivity contribution in [2.24, 2.45) is 0 Å². The molecule has 9 nitrogen and oxygen atoms in total. The molecule has 0 aromatic heterocycles. The fraction of sp³-hybridized carbons (Fsp3) is 0.296. The quantitative estimate of drug-likeness (QED) is 0.393. The summed E-state index contributed by atoms with van der Waals surface area (Å²) in [6.45, 7) is 3.36. The summed E-state index contributed by atoms with van der Waals surface area (Å²) in [6.07, 6.45) is 0.703. The third-order valence-corrected chi connectivity index (χ3v) is 7.65. The minimum absolute atomic E-state index is 0.0899. The van der Waals surface area contributed by atoms with Gasteiger partial charge >= 0.3 is 0 Å². The highest BCUT2D eigenvalue weighted by Gasteiger charge is 2.31. The summed E-state index contributed by atoms with van der Waals surface area (Å²) in [5, 5.41) is 2.90. The van der Waals surface area contributed by atoms with E-state index in [1.54, 1.807) is 12.1 Å². The molecule has 1 N–H and O–H groups in total. The van der Waals surface area contributed by atoms with Gasteiger partial charge in [-0.3, -0.25) is 9.10 Å². The van der Waals surface area contributed by atoms with Crippen LogP contribution in [0.2, 0.25) is 0 Å². The van der Waals surface area contributed by atoms with Gasteiger partial charge in [-0.15, -0.1) is 0 Å². The van der Waals surface area contributed by atoms with Crippen LogP contribution in [-0.4, -0.2) is 49.3 Å². The van der Waals surface area contributed by atoms with E-state index in [1.165, 1.54) is 52.7 Å². The summed E-state index contributed by atoms with van der Waals surface area (Å²) in [4.78, 5) is 13.2. The molecular formula is C27H32N2O7S. The monoisotopic (exact) mass is 528 g/mol. The number of ether oxygens (including phenoxy) is 4. The normalized spacial score (nSPS) is 11.0. The largest absolute Gasteiger partial charge is 0.497 e. The molecule has 0 aliphatic heterocycles. The average molecular weight is 529 g/mol. The molecule has 0 heterocycles. The third-order valence-electron chi connectivity index (χ3n) is 5.89. The predicted octanol–water partition coefficient (Wildman–Crippen LogP) is 4.43. The number of hydrogen-bond acceptors (Lipinski definition) is 7. The van der Waals surface area contributed by atoms with Crippen molar-refractivity contribution >= 4 is 27.3 Å². The number of amides is 1. The zero-order chi connectivity index (χ0) is 27.2. The number of anilines is 2. The van der Waals surface area contributed by atoms with Crippen LogP contribution in [0.25, 0.3) is 0 Å². The Balaban J connectivity index is 2.12. The first-order chi connectivity index (χ1) is 17.7. The fourth-order valence-corrected chi connectivity index (χ4v) is 5.35. The second-order valence-corrected chi connectivity index (χ2v) is 9.94. The zero-order valence-electron chi connectivity index (χ0n) is 21.8. The van der Waals surface area contributed by atoms with Gasteiger partial charge in [-0.05, 0) is 48.7 Å². The van der Waals surface area contributed by atoms with Crippen LogP contribution < -0.4 is 28.6 Å². The minimum atomic E-state index is -4.28. The third kappa shape index (κ3) is 5.91. The molecule has 198 valence electrons. The SMILES string of the molecule is CCc1cccc(C)c1NC(=O)CN(c1cc(OC)ccc1OC)S(=O)(=O)c1ccc(OC)c(OC)c1. The van der Waals surface area contributed by atoms with Crippen LogP contribution in [0.3, 0.4) is 0 Å². The molecule has 0 aliphatic carbocycles. The smallest absolute Gasteiger partial charge is 0.265 e. The van der Waals surface area contributed by atoms with Gasteiger partial charge in [0.1, 0.15) is 18.0 Å². The van der Waals surface area contributed by atoms with Crippen molar-refractivity contribution < 1.29 is 32.2 Å². The standard InChI is InChI=1S/C27H32N2O7S/c1-7-19-10-8-9-18(2)27(19)28-26(30)17-29(22-15-20(33-3)11-13-23(22)34-4)37(31,32)21-12-14-24(35-5)25(16-21)36-6/h8-16H,7,17H2,1-6H3,(H,28,30). The van der Waals surface area contributed by atoms with Gasteiger partial charge in [0.05, 0.1) is 39.0 Å². The molecule has 10 heteroatoms. The van der Waals surface area contributed by atoms with Gasteiger partial charge in [0.15, 0.2) is 11.5 Å². The lowest BCUT2D eigenvalue weighted by Gasteiger charge is -2.26. The van der Waals surface area contributed by atoms with Crippen molar-refractivity contribution in [1.82, 2.24) is 0 Å². The van der Waals surface area contributed by atoms with Gasteiger partial charge < -0.3 is 24.3 Å². The van der Waals surface area contributed by atoms with E-state index < -0.39 is 22.5 Å². The second kappa shape index (κ2) is 11.9. The number of carbonyl (C=O) groups excluding carboxylic acids is 1. The molecule has 0 unspecified atom stereocenters. The first-order valence-electron chi connectivity index (χ1n) is 11.5. The van der Waals surface area contributed by atoms with Crippen LogP contribution >= 0.6 is 0 Å². The summed E-state index contributed by atoms with van der Waals surface area (Å²) in [5.41, 5.74) is 2.63. The Morgan fingerprint density at radius 2 is 1.54 bits per heavy atom. The van der Waals surface area contributed by atoms with E-state index in [0.29, 0.717) is 23.6 Å². The summed E-state index contributed by atoms with van der Waals surface area (Å²) in [7, 11) is 1.48. The summed E-state index contributed by atoms with van der Waals surface area (Å²) < 4.78 is 50.3. The molecule has 3 rings (SSSR count). The Hall–Kier alpha value is -3.92. The van der Waals surface area contributed by atoms with Crippen molar-refractivity contribution in [1.29, 1.82) is 0 Å². The lowest BCUT2D eigenvalue weighted by Crippen LogP contribution is -2.38. The highest BCUT2D eigenvalue weighted by molar-refractivity contribution is 7.92. The number of rotatable bonds is 11. The first kappa shape index (κ1) is 27.7. The van der Waals surface area contributed by atoms with Crippen molar-refractivity contribution in [2.75, 3.05) is 44.6 Å². The molecule has 0 bridgehead atoms. The number of aryl methyl sites for hydroxylation is 2. The Morgan fingerprint density at radius 3 is 2.16 bits per heavy atom. The molecule has 3 aromatic rings. The Morgan fingerprint density at radius 1 is 0.865 bits per heavy atom. The maximum atomic E-state index is 14.0. The van der Waals surface area contributed by atoms with Gasteiger partial charge in [-0.25, -0.2) is 8.42 Å². The van der Waals surface area contributed by atoms with E-state index in [2.05, 4.69) is 5.32 Å². The van der Waals surface area contributed by atoms with Crippen LogP contribution in [0.5, 0.6) is 23.0 Å². The molecule has 3 aromatic carbocycles. The number of carbonyl (C=O) groups is 1. The van der Waals surface area contributed by atoms with Crippen LogP contribution in [0.15, 0.2) is 59.5 Å². The van der Waals surface area contributed by atoms with Crippen molar-refractivity contribution in [3.05, 3.63) is 65.7 Å². The van der Waals surface area contributed by atoms with Crippen molar-refractivity contribution in [3.63, 3.8) is 0 Å². The zero-order valence-corrected chi connectivity index (χ0v) is 22.6. The highest BCUT2D eigenvalue weighted by atomic mass is 32.2. The number of hydrogen-bond donors (Lipinski definition) is 1. The Labute approximate surface area is 218 Å². The number of benzene rings is 3. The van der Waals surface area contributed by atoms with E-state index >= 15 is 0 Å². The van der Waals surface area contributed by atoms with Gasteiger partial charge in [0, 0.05) is 17.8 Å². The van der Waals surface area contributed by atoms with Crippen molar-refractivity contribution in [3.8, 4) is 23.0 Å². The molecule has 0 radical (unpaired) electrons. The van der Waals surface area contributed by atoms with E-state index in [0.717, 1.165) is 15.4 Å². The van der Waals surface area contributed by atoms with Crippen LogP contribution in [-0.2, 0) is 21.2 Å². The molecule has 0 aliphatic rings. The average Bonchev–Trinajstić information content (AvgIpc) is 2.91. The number of sulfonamides is 1. The molecule has 1 amide bonds. The molecule has 0 fully saturated rings. The topological polar surface area (TPSA) is 103 Å². The Kier molecular flexibility index (Phi) is 8.88. The van der Waals surface area contributed by atoms with Crippen molar-refractivity contribution in [2.45, 2.75) is 25.2 Å². The number of methoxy groups -OCH3 is 4. The fourth-order valence-electron chi connectivity index (χ4n) is 3.91. The van der Waals surface area contributed by atoms with Crippen LogP contribution in [0, 0.1) is 6.92 Å².